The summed E-state index contributed by atoms with van der Waals surface area (Å²) in [4.78, 5) is 1.17. The van der Waals surface area contributed by atoms with Crippen LogP contribution >= 0.6 is 11.9 Å². The van der Waals surface area contributed by atoms with Crippen LogP contribution in [0.2, 0.25) is 0 Å². The van der Waals surface area contributed by atoms with Crippen LogP contribution in [0.25, 0.3) is 10.9 Å². The fourth-order valence-electron chi connectivity index (χ4n) is 1.27. The number of hydrogen-bond acceptors (Lipinski definition) is 5. The summed E-state index contributed by atoms with van der Waals surface area (Å²) < 4.78 is 3.08. The Morgan fingerprint density at radius 2 is 2.25 bits per heavy atom. The number of rotatable bonds is 0. The first-order chi connectivity index (χ1) is 5.95. The zero-order valence-corrected chi connectivity index (χ0v) is 6.80. The Balaban J connectivity index is 2.58. The van der Waals surface area contributed by atoms with Gasteiger partial charge in [0.15, 0.2) is 5.82 Å². The number of aromatic nitrogens is 3. The Hall–Kier alpha value is -1.36. The maximum atomic E-state index is 3.93. The largest absolute Gasteiger partial charge is 0.308 e. The summed E-state index contributed by atoms with van der Waals surface area (Å²) in [6.07, 6.45) is 0. The molecule has 0 fully saturated rings. The summed E-state index contributed by atoms with van der Waals surface area (Å²) in [5.41, 5.74) is 0.898. The van der Waals surface area contributed by atoms with Crippen molar-refractivity contribution in [3.8, 4) is 0 Å². The minimum absolute atomic E-state index is 0.820. The quantitative estimate of drug-likeness (QED) is 0.616. The number of nitrogens with zero attached hydrogens (tertiary/aromatic N) is 3. The summed E-state index contributed by atoms with van der Waals surface area (Å²) in [6.45, 7) is 0. The van der Waals surface area contributed by atoms with Crippen LogP contribution in [0.1, 0.15) is 0 Å². The highest BCUT2D eigenvalue weighted by atomic mass is 32.2. The van der Waals surface area contributed by atoms with Gasteiger partial charge in [0, 0.05) is 4.90 Å². The lowest BCUT2D eigenvalue weighted by molar-refractivity contribution is 0.903. The molecule has 0 bridgehead atoms. The minimum atomic E-state index is 0.820. The number of nitrogens with one attached hydrogen (secondary N) is 1. The molecule has 4 nitrogen and oxygen atoms in total. The van der Waals surface area contributed by atoms with Crippen LogP contribution in [-0.2, 0) is 0 Å². The van der Waals surface area contributed by atoms with Gasteiger partial charge in [-0.2, -0.15) is 0 Å². The van der Waals surface area contributed by atoms with Crippen LogP contribution in [0.5, 0.6) is 0 Å². The van der Waals surface area contributed by atoms with Crippen molar-refractivity contribution in [2.24, 2.45) is 0 Å². The second kappa shape index (κ2) is 2.07. The number of benzene rings is 1. The van der Waals surface area contributed by atoms with Gasteiger partial charge < -0.3 is 4.72 Å². The molecule has 1 aromatic carbocycles. The summed E-state index contributed by atoms with van der Waals surface area (Å²) in [6, 6.07) is 5.94. The zero-order chi connectivity index (χ0) is 7.97. The maximum absolute atomic E-state index is 3.93. The van der Waals surface area contributed by atoms with E-state index in [2.05, 4.69) is 20.1 Å². The second-order valence-electron chi connectivity index (χ2n) is 2.49. The lowest BCUT2D eigenvalue weighted by atomic mass is 10.2. The molecule has 0 saturated carbocycles. The molecule has 1 aliphatic rings. The second-order valence-corrected chi connectivity index (χ2v) is 3.34. The van der Waals surface area contributed by atoms with Crippen LogP contribution in [0.15, 0.2) is 23.1 Å². The smallest absolute Gasteiger partial charge is 0.171 e. The van der Waals surface area contributed by atoms with Crippen LogP contribution in [0.4, 0.5) is 5.82 Å². The van der Waals surface area contributed by atoms with E-state index in [1.54, 1.807) is 11.9 Å². The van der Waals surface area contributed by atoms with E-state index in [1.807, 2.05) is 18.2 Å². The molecule has 12 heavy (non-hydrogen) atoms. The van der Waals surface area contributed by atoms with Crippen molar-refractivity contribution in [1.29, 1.82) is 0 Å². The van der Waals surface area contributed by atoms with Crippen molar-refractivity contribution in [2.45, 2.75) is 4.90 Å². The predicted octanol–water partition coefficient (Wildman–Crippen LogP) is 1.46. The molecule has 58 valence electrons. The van der Waals surface area contributed by atoms with E-state index < -0.39 is 0 Å². The lowest BCUT2D eigenvalue weighted by Crippen LogP contribution is -1.90. The van der Waals surface area contributed by atoms with E-state index in [9.17, 15) is 0 Å². The zero-order valence-electron chi connectivity index (χ0n) is 5.98. The van der Waals surface area contributed by atoms with Gasteiger partial charge in [0.05, 0.1) is 10.9 Å². The molecule has 0 atom stereocenters. The highest BCUT2D eigenvalue weighted by Gasteiger charge is 2.15. The standard InChI is InChI=1S/C7H4N4S/c1-2-4-6-5(3-1)12-10-7(6)9-11-8-4/h1-3H,(H,8,9,10). The Bertz CT molecular complexity index is 417. The van der Waals surface area contributed by atoms with Crippen LogP contribution < -0.4 is 4.72 Å². The first-order valence-corrected chi connectivity index (χ1v) is 4.32. The predicted molar refractivity (Wildman–Crippen MR) is 46.8 cm³/mol. The van der Waals surface area contributed by atoms with Crippen LogP contribution in [0, 0.1) is 0 Å². The average molecular weight is 176 g/mol. The summed E-state index contributed by atoms with van der Waals surface area (Å²) >= 11 is 1.55. The molecule has 2 aromatic rings. The van der Waals surface area contributed by atoms with E-state index in [1.165, 1.54) is 4.90 Å². The Labute approximate surface area is 72.5 Å². The Morgan fingerprint density at radius 3 is 3.25 bits per heavy atom. The van der Waals surface area contributed by atoms with Crippen molar-refractivity contribution in [2.75, 3.05) is 4.72 Å². The van der Waals surface area contributed by atoms with E-state index in [4.69, 9.17) is 0 Å². The van der Waals surface area contributed by atoms with Gasteiger partial charge in [-0.1, -0.05) is 6.07 Å². The minimum Gasteiger partial charge on any atom is -0.308 e. The van der Waals surface area contributed by atoms with E-state index in [-0.39, 0.29) is 0 Å². The Kier molecular flexibility index (Phi) is 1.07. The molecule has 5 heteroatoms. The highest BCUT2D eigenvalue weighted by Crippen LogP contribution is 2.37. The third kappa shape index (κ3) is 0.660. The van der Waals surface area contributed by atoms with E-state index in [0.29, 0.717) is 0 Å². The van der Waals surface area contributed by atoms with Crippen molar-refractivity contribution in [3.63, 3.8) is 0 Å². The molecule has 1 N–H and O–H groups in total. The SMILES string of the molecule is c1cc2c3c(nnnc3c1)NS2. The monoisotopic (exact) mass is 176 g/mol. The van der Waals surface area contributed by atoms with Crippen molar-refractivity contribution in [3.05, 3.63) is 18.2 Å². The van der Waals surface area contributed by atoms with E-state index >= 15 is 0 Å². The van der Waals surface area contributed by atoms with Gasteiger partial charge in [0.25, 0.3) is 0 Å². The third-order valence-electron chi connectivity index (χ3n) is 1.80. The molecule has 0 unspecified atom stereocenters. The summed E-state index contributed by atoms with van der Waals surface area (Å²) in [5, 5.41) is 12.5. The molecule has 0 aliphatic carbocycles. The van der Waals surface area contributed by atoms with Crippen molar-refractivity contribution >= 4 is 28.7 Å². The normalized spacial score (nSPS) is 13.3. The molecule has 2 heterocycles. The average Bonchev–Trinajstić information content (AvgIpc) is 2.52. The highest BCUT2D eigenvalue weighted by molar-refractivity contribution is 8.01. The molecule has 0 saturated heterocycles. The van der Waals surface area contributed by atoms with Crippen LogP contribution in [-0.4, -0.2) is 15.4 Å². The van der Waals surface area contributed by atoms with Gasteiger partial charge in [-0.05, 0) is 29.3 Å². The maximum Gasteiger partial charge on any atom is 0.171 e. The van der Waals surface area contributed by atoms with Gasteiger partial charge in [-0.15, -0.1) is 10.2 Å². The number of hydrogen-bond donors (Lipinski definition) is 1. The molecule has 1 aliphatic heterocycles. The van der Waals surface area contributed by atoms with Crippen molar-refractivity contribution in [1.82, 2.24) is 15.4 Å². The molecular formula is C7H4N4S. The first-order valence-electron chi connectivity index (χ1n) is 3.50. The molecule has 1 aromatic heterocycles. The lowest BCUT2D eigenvalue weighted by Gasteiger charge is -1.93. The molecule has 3 rings (SSSR count). The van der Waals surface area contributed by atoms with Gasteiger partial charge in [0.2, 0.25) is 0 Å². The van der Waals surface area contributed by atoms with Gasteiger partial charge in [-0.25, -0.2) is 0 Å². The van der Waals surface area contributed by atoms with Crippen molar-refractivity contribution < 1.29 is 0 Å². The molecule has 0 amide bonds. The fourth-order valence-corrected chi connectivity index (χ4v) is 2.07. The van der Waals surface area contributed by atoms with Gasteiger partial charge in [-0.3, -0.25) is 0 Å². The third-order valence-corrected chi connectivity index (χ3v) is 2.65. The molecule has 0 radical (unpaired) electrons. The summed E-state index contributed by atoms with van der Waals surface area (Å²) in [7, 11) is 0. The van der Waals surface area contributed by atoms with Gasteiger partial charge >= 0.3 is 0 Å². The van der Waals surface area contributed by atoms with Gasteiger partial charge in [0.1, 0.15) is 0 Å². The van der Waals surface area contributed by atoms with Crippen LogP contribution in [0.3, 0.4) is 0 Å². The topological polar surface area (TPSA) is 50.7 Å². The van der Waals surface area contributed by atoms with E-state index in [0.717, 1.165) is 16.7 Å². The molecular weight excluding hydrogens is 172 g/mol. The first kappa shape index (κ1) is 6.19. The fraction of sp³-hybridized carbons (Fsp3) is 0. The number of anilines is 1. The summed E-state index contributed by atoms with van der Waals surface area (Å²) in [5.74, 6) is 0.820. The Morgan fingerprint density at radius 1 is 1.25 bits per heavy atom. The molecule has 0 spiro atoms.